The average Bonchev–Trinajstić information content (AvgIpc) is 1.72. The summed E-state index contributed by atoms with van der Waals surface area (Å²) < 4.78 is 0. The SMILES string of the molecule is CC[Si](CC)CC.I. The molecule has 1 radical (unpaired) electrons. The van der Waals surface area contributed by atoms with Gasteiger partial charge in [-0.1, -0.05) is 38.9 Å². The number of hydrogen-bond donors (Lipinski definition) is 0. The fourth-order valence-corrected chi connectivity index (χ4v) is 2.25. The summed E-state index contributed by atoms with van der Waals surface area (Å²) in [5.74, 6) is 0. The van der Waals surface area contributed by atoms with Crippen molar-refractivity contribution in [3.8, 4) is 0 Å². The van der Waals surface area contributed by atoms with E-state index in [1.165, 1.54) is 18.1 Å². The maximum atomic E-state index is 2.31. The molecule has 0 aromatic rings. The summed E-state index contributed by atoms with van der Waals surface area (Å²) >= 11 is 0. The van der Waals surface area contributed by atoms with E-state index in [1.54, 1.807) is 0 Å². The molecule has 0 nitrogen and oxygen atoms in total. The molecule has 0 fully saturated rings. The molecule has 0 saturated carbocycles. The second kappa shape index (κ2) is 7.95. The first-order valence-corrected chi connectivity index (χ1v) is 5.30. The van der Waals surface area contributed by atoms with Crippen LogP contribution < -0.4 is 0 Å². The maximum absolute atomic E-state index is 2.31. The van der Waals surface area contributed by atoms with Crippen molar-refractivity contribution >= 4 is 32.8 Å². The van der Waals surface area contributed by atoms with Crippen LogP contribution in [0.5, 0.6) is 0 Å². The monoisotopic (exact) mass is 243 g/mol. The third-order valence-electron chi connectivity index (χ3n) is 1.50. The van der Waals surface area contributed by atoms with Gasteiger partial charge in [0.2, 0.25) is 0 Å². The van der Waals surface area contributed by atoms with Crippen LogP contribution in [-0.2, 0) is 0 Å². The summed E-state index contributed by atoms with van der Waals surface area (Å²) in [6.45, 7) is 6.92. The van der Waals surface area contributed by atoms with Gasteiger partial charge in [0.25, 0.3) is 0 Å². The van der Waals surface area contributed by atoms with Crippen LogP contribution in [0.4, 0.5) is 0 Å². The molecule has 0 unspecified atom stereocenters. The summed E-state index contributed by atoms with van der Waals surface area (Å²) in [7, 11) is 0.137. The minimum Gasteiger partial charge on any atom is -0.107 e. The molecule has 0 atom stereocenters. The third-order valence-corrected chi connectivity index (χ3v) is 4.50. The normalized spacial score (nSPS) is 9.00. The molecule has 8 heavy (non-hydrogen) atoms. The average molecular weight is 243 g/mol. The highest BCUT2D eigenvalue weighted by atomic mass is 127. The van der Waals surface area contributed by atoms with Gasteiger partial charge in [0, 0.05) is 8.80 Å². The van der Waals surface area contributed by atoms with Crippen molar-refractivity contribution in [1.29, 1.82) is 0 Å². The predicted molar refractivity (Wildman–Crippen MR) is 52.6 cm³/mol. The lowest BCUT2D eigenvalue weighted by Gasteiger charge is -2.02. The van der Waals surface area contributed by atoms with Gasteiger partial charge in [-0.3, -0.25) is 0 Å². The van der Waals surface area contributed by atoms with Crippen molar-refractivity contribution < 1.29 is 0 Å². The Bertz CT molecular complexity index is 30.0. The largest absolute Gasteiger partial charge is 0.107 e. The Labute approximate surface area is 71.7 Å². The molecule has 0 bridgehead atoms. The molecule has 0 aliphatic rings. The first kappa shape index (κ1) is 11.7. The van der Waals surface area contributed by atoms with Gasteiger partial charge in [-0.2, -0.15) is 0 Å². The maximum Gasteiger partial charge on any atom is 0.0470 e. The zero-order chi connectivity index (χ0) is 5.70. The van der Waals surface area contributed by atoms with E-state index in [-0.39, 0.29) is 32.8 Å². The van der Waals surface area contributed by atoms with Crippen molar-refractivity contribution in [3.63, 3.8) is 0 Å². The van der Waals surface area contributed by atoms with Gasteiger partial charge in [0.15, 0.2) is 0 Å². The van der Waals surface area contributed by atoms with E-state index < -0.39 is 0 Å². The Balaban J connectivity index is 0. The fourth-order valence-electron chi connectivity index (χ4n) is 0.750. The summed E-state index contributed by atoms with van der Waals surface area (Å²) in [4.78, 5) is 0. The quantitative estimate of drug-likeness (QED) is 0.527. The Morgan fingerprint density at radius 2 is 1.12 bits per heavy atom. The number of hydrogen-bond acceptors (Lipinski definition) is 0. The van der Waals surface area contributed by atoms with Crippen molar-refractivity contribution in [3.05, 3.63) is 0 Å². The van der Waals surface area contributed by atoms with Crippen LogP contribution in [-0.4, -0.2) is 8.80 Å². The zero-order valence-corrected chi connectivity index (χ0v) is 9.36. The molecule has 0 heterocycles. The summed E-state index contributed by atoms with van der Waals surface area (Å²) in [6, 6.07) is 4.37. The van der Waals surface area contributed by atoms with Gasteiger partial charge in [-0.05, 0) is 0 Å². The van der Waals surface area contributed by atoms with Crippen LogP contribution in [0, 0.1) is 0 Å². The minimum absolute atomic E-state index is 0. The summed E-state index contributed by atoms with van der Waals surface area (Å²) in [6.07, 6.45) is 0. The molecule has 0 spiro atoms. The first-order chi connectivity index (χ1) is 3.35. The molecule has 0 aliphatic carbocycles. The van der Waals surface area contributed by atoms with E-state index in [0.29, 0.717) is 0 Å². The zero-order valence-electron chi connectivity index (χ0n) is 6.03. The topological polar surface area (TPSA) is 0 Å². The van der Waals surface area contributed by atoms with E-state index in [9.17, 15) is 0 Å². The lowest BCUT2D eigenvalue weighted by molar-refractivity contribution is 1.24. The third kappa shape index (κ3) is 5.09. The van der Waals surface area contributed by atoms with Gasteiger partial charge >= 0.3 is 0 Å². The van der Waals surface area contributed by atoms with Gasteiger partial charge in [-0.25, -0.2) is 0 Å². The molecular formula is C6H16ISi. The standard InChI is InChI=1S/C6H15Si.HI/c1-4-7(5-2)6-3;/h4-6H2,1-3H3;1H. The summed E-state index contributed by atoms with van der Waals surface area (Å²) in [5.41, 5.74) is 0. The van der Waals surface area contributed by atoms with E-state index in [1.807, 2.05) is 0 Å². The molecule has 0 amide bonds. The lowest BCUT2D eigenvalue weighted by Crippen LogP contribution is -2.04. The smallest absolute Gasteiger partial charge is 0.0470 e. The van der Waals surface area contributed by atoms with Crippen LogP contribution in [0.25, 0.3) is 0 Å². The van der Waals surface area contributed by atoms with Crippen LogP contribution in [0.1, 0.15) is 20.8 Å². The molecule has 51 valence electrons. The Morgan fingerprint density at radius 3 is 1.12 bits per heavy atom. The van der Waals surface area contributed by atoms with Crippen molar-refractivity contribution in [2.75, 3.05) is 0 Å². The summed E-state index contributed by atoms with van der Waals surface area (Å²) in [5, 5.41) is 0. The molecule has 0 aliphatic heterocycles. The van der Waals surface area contributed by atoms with E-state index >= 15 is 0 Å². The van der Waals surface area contributed by atoms with Crippen molar-refractivity contribution in [2.45, 2.75) is 38.9 Å². The molecule has 0 aromatic carbocycles. The van der Waals surface area contributed by atoms with Gasteiger partial charge < -0.3 is 0 Å². The Hall–Kier alpha value is 0.947. The van der Waals surface area contributed by atoms with E-state index in [4.69, 9.17) is 0 Å². The lowest BCUT2D eigenvalue weighted by atomic mass is 10.9. The van der Waals surface area contributed by atoms with Crippen LogP contribution in [0.3, 0.4) is 0 Å². The van der Waals surface area contributed by atoms with E-state index in [2.05, 4.69) is 20.8 Å². The van der Waals surface area contributed by atoms with Gasteiger partial charge in [0.1, 0.15) is 0 Å². The number of rotatable bonds is 3. The highest BCUT2D eigenvalue weighted by molar-refractivity contribution is 14.0. The molecule has 0 saturated heterocycles. The molecule has 2 heteroatoms. The van der Waals surface area contributed by atoms with Crippen molar-refractivity contribution in [1.82, 2.24) is 0 Å². The van der Waals surface area contributed by atoms with Crippen molar-refractivity contribution in [2.24, 2.45) is 0 Å². The van der Waals surface area contributed by atoms with Crippen LogP contribution >= 0.6 is 24.0 Å². The van der Waals surface area contributed by atoms with Crippen LogP contribution in [0.2, 0.25) is 18.1 Å². The molecule has 0 rings (SSSR count). The minimum atomic E-state index is 0. The molecule has 0 aromatic heterocycles. The second-order valence-corrected chi connectivity index (χ2v) is 5.43. The van der Waals surface area contributed by atoms with Gasteiger partial charge in [0.05, 0.1) is 0 Å². The Morgan fingerprint density at radius 1 is 0.875 bits per heavy atom. The Kier molecular flexibility index (Phi) is 11.6. The van der Waals surface area contributed by atoms with E-state index in [0.717, 1.165) is 0 Å². The number of halogens is 1. The first-order valence-electron chi connectivity index (χ1n) is 3.18. The predicted octanol–water partition coefficient (Wildman–Crippen LogP) is 3.16. The molecular weight excluding hydrogens is 227 g/mol. The van der Waals surface area contributed by atoms with Crippen LogP contribution in [0.15, 0.2) is 0 Å². The van der Waals surface area contributed by atoms with Gasteiger partial charge in [-0.15, -0.1) is 24.0 Å². The second-order valence-electron chi connectivity index (χ2n) is 1.81. The fraction of sp³-hybridized carbons (Fsp3) is 1.00. The molecule has 0 N–H and O–H groups in total. The highest BCUT2D eigenvalue weighted by Gasteiger charge is 1.98. The highest BCUT2D eigenvalue weighted by Crippen LogP contribution is 2.01.